The van der Waals surface area contributed by atoms with Gasteiger partial charge in [-0.3, -0.25) is 4.79 Å². The topological polar surface area (TPSA) is 79.2 Å². The molecule has 1 aliphatic rings. The standard InChI is InChI=1S/C14H22N2O3/c1-10(9-15)8-12(14(18)19-2)16-13(17)11-6-4-3-5-7-11/h10-12H,3-8H2,1-2H3,(H,16,17)/t10-,12+/m1/s1. The molecule has 5 heteroatoms. The lowest BCUT2D eigenvalue weighted by Gasteiger charge is -2.24. The molecule has 0 saturated heterocycles. The molecule has 1 saturated carbocycles. The fourth-order valence-corrected chi connectivity index (χ4v) is 2.42. The predicted molar refractivity (Wildman–Crippen MR) is 69.9 cm³/mol. The van der Waals surface area contributed by atoms with Gasteiger partial charge in [0.15, 0.2) is 0 Å². The van der Waals surface area contributed by atoms with Gasteiger partial charge in [-0.25, -0.2) is 4.79 Å². The van der Waals surface area contributed by atoms with E-state index in [1.54, 1.807) is 6.92 Å². The number of hydrogen-bond acceptors (Lipinski definition) is 4. The van der Waals surface area contributed by atoms with Crippen LogP contribution in [0.2, 0.25) is 0 Å². The first-order valence-corrected chi connectivity index (χ1v) is 6.86. The number of hydrogen-bond donors (Lipinski definition) is 1. The van der Waals surface area contributed by atoms with Crippen LogP contribution in [0.5, 0.6) is 0 Å². The van der Waals surface area contributed by atoms with Crippen molar-refractivity contribution >= 4 is 11.9 Å². The van der Waals surface area contributed by atoms with Gasteiger partial charge in [0, 0.05) is 11.8 Å². The lowest BCUT2D eigenvalue weighted by atomic mass is 9.88. The molecule has 106 valence electrons. The number of nitriles is 1. The lowest BCUT2D eigenvalue weighted by Crippen LogP contribution is -2.45. The van der Waals surface area contributed by atoms with Crippen LogP contribution in [0.15, 0.2) is 0 Å². The molecule has 0 spiro atoms. The van der Waals surface area contributed by atoms with E-state index in [0.29, 0.717) is 6.42 Å². The molecule has 0 heterocycles. The number of nitrogens with zero attached hydrogens (tertiary/aromatic N) is 1. The number of rotatable bonds is 5. The van der Waals surface area contributed by atoms with Crippen molar-refractivity contribution in [3.63, 3.8) is 0 Å². The van der Waals surface area contributed by atoms with E-state index >= 15 is 0 Å². The summed E-state index contributed by atoms with van der Waals surface area (Å²) in [7, 11) is 1.29. The number of amides is 1. The Hall–Kier alpha value is -1.57. The molecule has 5 nitrogen and oxygen atoms in total. The van der Waals surface area contributed by atoms with Crippen LogP contribution in [-0.4, -0.2) is 25.0 Å². The average molecular weight is 266 g/mol. The summed E-state index contributed by atoms with van der Waals surface area (Å²) in [6.07, 6.45) is 5.36. The minimum absolute atomic E-state index is 0.00158. The summed E-state index contributed by atoms with van der Waals surface area (Å²) in [5, 5.41) is 11.5. The van der Waals surface area contributed by atoms with E-state index in [1.807, 2.05) is 0 Å². The third-order valence-electron chi connectivity index (χ3n) is 3.59. The molecule has 1 fully saturated rings. The average Bonchev–Trinajstić information content (AvgIpc) is 2.46. The maximum Gasteiger partial charge on any atom is 0.328 e. The molecule has 0 aromatic rings. The molecule has 1 N–H and O–H groups in total. The van der Waals surface area contributed by atoms with Crippen LogP contribution in [-0.2, 0) is 14.3 Å². The zero-order valence-electron chi connectivity index (χ0n) is 11.6. The highest BCUT2D eigenvalue weighted by molar-refractivity contribution is 5.85. The number of carbonyl (C=O) groups excluding carboxylic acids is 2. The van der Waals surface area contributed by atoms with E-state index in [0.717, 1.165) is 25.7 Å². The highest BCUT2D eigenvalue weighted by atomic mass is 16.5. The molecular weight excluding hydrogens is 244 g/mol. The van der Waals surface area contributed by atoms with Gasteiger partial charge in [-0.1, -0.05) is 19.3 Å². The minimum atomic E-state index is -0.714. The number of carbonyl (C=O) groups is 2. The van der Waals surface area contributed by atoms with Crippen LogP contribution in [0.1, 0.15) is 45.4 Å². The fourth-order valence-electron chi connectivity index (χ4n) is 2.42. The Balaban J connectivity index is 2.58. The van der Waals surface area contributed by atoms with Crippen molar-refractivity contribution in [1.82, 2.24) is 5.32 Å². The van der Waals surface area contributed by atoms with Crippen molar-refractivity contribution in [2.24, 2.45) is 11.8 Å². The Labute approximate surface area is 114 Å². The summed E-state index contributed by atoms with van der Waals surface area (Å²) >= 11 is 0. The van der Waals surface area contributed by atoms with E-state index in [-0.39, 0.29) is 17.7 Å². The summed E-state index contributed by atoms with van der Waals surface area (Å²) in [6.45, 7) is 1.72. The van der Waals surface area contributed by atoms with Crippen molar-refractivity contribution in [3.8, 4) is 6.07 Å². The summed E-state index contributed by atoms with van der Waals surface area (Å²) in [4.78, 5) is 23.7. The van der Waals surface area contributed by atoms with Gasteiger partial charge < -0.3 is 10.1 Å². The van der Waals surface area contributed by atoms with E-state index in [9.17, 15) is 9.59 Å². The predicted octanol–water partition coefficient (Wildman–Crippen LogP) is 1.77. The highest BCUT2D eigenvalue weighted by Gasteiger charge is 2.28. The molecule has 19 heavy (non-hydrogen) atoms. The monoisotopic (exact) mass is 266 g/mol. The van der Waals surface area contributed by atoms with Crippen molar-refractivity contribution in [2.45, 2.75) is 51.5 Å². The summed E-state index contributed by atoms with van der Waals surface area (Å²) < 4.78 is 4.68. The zero-order valence-corrected chi connectivity index (χ0v) is 11.6. The quantitative estimate of drug-likeness (QED) is 0.769. The fraction of sp³-hybridized carbons (Fsp3) is 0.786. The van der Waals surface area contributed by atoms with Gasteiger partial charge in [0.25, 0.3) is 0 Å². The van der Waals surface area contributed by atoms with Gasteiger partial charge >= 0.3 is 5.97 Å². The highest BCUT2D eigenvalue weighted by Crippen LogP contribution is 2.24. The molecule has 2 atom stereocenters. The molecule has 1 amide bonds. The molecule has 0 unspecified atom stereocenters. The number of esters is 1. The molecular formula is C14H22N2O3. The van der Waals surface area contributed by atoms with Crippen LogP contribution >= 0.6 is 0 Å². The van der Waals surface area contributed by atoms with E-state index in [4.69, 9.17) is 5.26 Å². The van der Waals surface area contributed by atoms with E-state index in [1.165, 1.54) is 13.5 Å². The van der Waals surface area contributed by atoms with Gasteiger partial charge in [0.2, 0.25) is 5.91 Å². The molecule has 0 bridgehead atoms. The Morgan fingerprint density at radius 1 is 1.37 bits per heavy atom. The molecule has 0 aromatic heterocycles. The second kappa shape index (κ2) is 7.78. The van der Waals surface area contributed by atoms with Gasteiger partial charge in [-0.05, 0) is 26.2 Å². The zero-order chi connectivity index (χ0) is 14.3. The molecule has 0 aliphatic heterocycles. The number of nitrogens with one attached hydrogen (secondary N) is 1. The van der Waals surface area contributed by atoms with Crippen LogP contribution < -0.4 is 5.32 Å². The SMILES string of the molecule is COC(=O)[C@H](C[C@@H](C)C#N)NC(=O)C1CCCCC1. The first-order valence-electron chi connectivity index (χ1n) is 6.86. The van der Waals surface area contributed by atoms with Crippen LogP contribution in [0, 0.1) is 23.2 Å². The molecule has 1 aliphatic carbocycles. The Bertz CT molecular complexity index is 356. The van der Waals surface area contributed by atoms with Gasteiger partial charge in [0.1, 0.15) is 6.04 Å². The van der Waals surface area contributed by atoms with E-state index in [2.05, 4.69) is 16.1 Å². The Kier molecular flexibility index (Phi) is 6.34. The normalized spacial score (nSPS) is 19.0. The minimum Gasteiger partial charge on any atom is -0.467 e. The maximum absolute atomic E-state index is 12.1. The molecule has 0 radical (unpaired) electrons. The largest absolute Gasteiger partial charge is 0.467 e. The van der Waals surface area contributed by atoms with Gasteiger partial charge in [-0.15, -0.1) is 0 Å². The first-order chi connectivity index (χ1) is 9.08. The van der Waals surface area contributed by atoms with Gasteiger partial charge in [-0.2, -0.15) is 5.26 Å². The van der Waals surface area contributed by atoms with E-state index < -0.39 is 12.0 Å². The van der Waals surface area contributed by atoms with Gasteiger partial charge in [0.05, 0.1) is 13.2 Å². The number of methoxy groups -OCH3 is 1. The van der Waals surface area contributed by atoms with Crippen molar-refractivity contribution in [3.05, 3.63) is 0 Å². The smallest absolute Gasteiger partial charge is 0.328 e. The number of ether oxygens (including phenoxy) is 1. The summed E-state index contributed by atoms with van der Waals surface area (Å²) in [6, 6.07) is 1.35. The maximum atomic E-state index is 12.1. The molecule has 0 aromatic carbocycles. The lowest BCUT2D eigenvalue weighted by molar-refractivity contribution is -0.146. The Morgan fingerprint density at radius 2 is 2.00 bits per heavy atom. The third kappa shape index (κ3) is 4.90. The second-order valence-electron chi connectivity index (χ2n) is 5.19. The second-order valence-corrected chi connectivity index (χ2v) is 5.19. The van der Waals surface area contributed by atoms with Crippen LogP contribution in [0.25, 0.3) is 0 Å². The third-order valence-corrected chi connectivity index (χ3v) is 3.59. The first kappa shape index (κ1) is 15.5. The Morgan fingerprint density at radius 3 is 2.53 bits per heavy atom. The van der Waals surface area contributed by atoms with Crippen LogP contribution in [0.3, 0.4) is 0 Å². The summed E-state index contributed by atoms with van der Waals surface area (Å²) in [5.74, 6) is -0.861. The summed E-state index contributed by atoms with van der Waals surface area (Å²) in [5.41, 5.74) is 0. The van der Waals surface area contributed by atoms with Crippen molar-refractivity contribution in [1.29, 1.82) is 5.26 Å². The van der Waals surface area contributed by atoms with Crippen molar-refractivity contribution < 1.29 is 14.3 Å². The molecule has 1 rings (SSSR count). The van der Waals surface area contributed by atoms with Crippen molar-refractivity contribution in [2.75, 3.05) is 7.11 Å². The van der Waals surface area contributed by atoms with Crippen LogP contribution in [0.4, 0.5) is 0 Å².